The molecule has 0 radical (unpaired) electrons. The van der Waals surface area contributed by atoms with Crippen molar-refractivity contribution in [2.24, 2.45) is 0 Å². The Balaban J connectivity index is 1.95. The largest absolute Gasteiger partial charge is 0.351 e. The van der Waals surface area contributed by atoms with E-state index in [-0.39, 0.29) is 0 Å². The number of hydrogen-bond acceptors (Lipinski definition) is 4. The third kappa shape index (κ3) is 1.86. The Kier molecular flexibility index (Phi) is 2.68. The van der Waals surface area contributed by atoms with Gasteiger partial charge in [-0.25, -0.2) is 9.50 Å². The number of nitrogens with zero attached hydrogens (tertiary/aromatic N) is 4. The maximum Gasteiger partial charge on any atom is 0.157 e. The molecule has 1 atom stereocenters. The summed E-state index contributed by atoms with van der Waals surface area (Å²) in [6, 6.07) is 4.53. The van der Waals surface area contributed by atoms with Crippen LogP contribution in [0.2, 0.25) is 0 Å². The molecule has 3 heterocycles. The van der Waals surface area contributed by atoms with Crippen molar-refractivity contribution in [1.29, 1.82) is 0 Å². The SMILES string of the molecule is CCC1CNCCN1c1ccn2nccc2n1. The Morgan fingerprint density at radius 3 is 3.29 bits per heavy atom. The van der Waals surface area contributed by atoms with Gasteiger partial charge in [0.15, 0.2) is 5.65 Å². The molecular weight excluding hydrogens is 214 g/mol. The summed E-state index contributed by atoms with van der Waals surface area (Å²) in [7, 11) is 0. The highest BCUT2D eigenvalue weighted by atomic mass is 15.3. The molecule has 2 aromatic rings. The summed E-state index contributed by atoms with van der Waals surface area (Å²) >= 11 is 0. The second kappa shape index (κ2) is 4.33. The number of piperazine rings is 1. The fraction of sp³-hybridized carbons (Fsp3) is 0.500. The van der Waals surface area contributed by atoms with E-state index in [0.717, 1.165) is 37.5 Å². The zero-order valence-electron chi connectivity index (χ0n) is 10.0. The minimum atomic E-state index is 0.543. The molecule has 1 aliphatic heterocycles. The fourth-order valence-electron chi connectivity index (χ4n) is 2.39. The van der Waals surface area contributed by atoms with Gasteiger partial charge in [-0.3, -0.25) is 0 Å². The fourth-order valence-corrected chi connectivity index (χ4v) is 2.39. The van der Waals surface area contributed by atoms with Crippen LogP contribution in [0.3, 0.4) is 0 Å². The molecule has 3 rings (SSSR count). The van der Waals surface area contributed by atoms with E-state index < -0.39 is 0 Å². The van der Waals surface area contributed by atoms with E-state index in [0.29, 0.717) is 6.04 Å². The molecule has 5 heteroatoms. The molecule has 1 N–H and O–H groups in total. The van der Waals surface area contributed by atoms with Gasteiger partial charge in [0.2, 0.25) is 0 Å². The van der Waals surface area contributed by atoms with Crippen LogP contribution in [0.4, 0.5) is 5.82 Å². The minimum Gasteiger partial charge on any atom is -0.351 e. The van der Waals surface area contributed by atoms with Gasteiger partial charge in [-0.05, 0) is 12.5 Å². The predicted molar refractivity (Wildman–Crippen MR) is 67.3 cm³/mol. The normalized spacial score (nSPS) is 21.0. The third-order valence-electron chi connectivity index (χ3n) is 3.36. The van der Waals surface area contributed by atoms with Gasteiger partial charge in [-0.1, -0.05) is 6.92 Å². The zero-order valence-corrected chi connectivity index (χ0v) is 10.0. The van der Waals surface area contributed by atoms with Crippen LogP contribution in [0, 0.1) is 0 Å². The van der Waals surface area contributed by atoms with Gasteiger partial charge in [0.05, 0.1) is 6.20 Å². The summed E-state index contributed by atoms with van der Waals surface area (Å²) in [5.74, 6) is 1.06. The monoisotopic (exact) mass is 231 g/mol. The first-order chi connectivity index (χ1) is 8.38. The first-order valence-corrected chi connectivity index (χ1v) is 6.16. The Morgan fingerprint density at radius 1 is 1.47 bits per heavy atom. The molecule has 1 aliphatic rings. The Bertz CT molecular complexity index is 506. The molecule has 1 unspecified atom stereocenters. The van der Waals surface area contributed by atoms with Gasteiger partial charge in [0.1, 0.15) is 5.82 Å². The summed E-state index contributed by atoms with van der Waals surface area (Å²) in [6.45, 7) is 5.32. The summed E-state index contributed by atoms with van der Waals surface area (Å²) in [5, 5.41) is 7.60. The van der Waals surface area contributed by atoms with Gasteiger partial charge in [-0.15, -0.1) is 0 Å². The molecule has 0 saturated carbocycles. The molecule has 0 bridgehead atoms. The first-order valence-electron chi connectivity index (χ1n) is 6.16. The molecule has 90 valence electrons. The Morgan fingerprint density at radius 2 is 2.41 bits per heavy atom. The molecule has 0 spiro atoms. The smallest absolute Gasteiger partial charge is 0.157 e. The summed E-state index contributed by atoms with van der Waals surface area (Å²) in [5.41, 5.74) is 0.913. The van der Waals surface area contributed by atoms with Crippen LogP contribution >= 0.6 is 0 Å². The van der Waals surface area contributed by atoms with Crippen molar-refractivity contribution in [3.63, 3.8) is 0 Å². The number of anilines is 1. The van der Waals surface area contributed by atoms with E-state index in [4.69, 9.17) is 0 Å². The second-order valence-corrected chi connectivity index (χ2v) is 4.38. The topological polar surface area (TPSA) is 45.5 Å². The van der Waals surface area contributed by atoms with Crippen molar-refractivity contribution in [2.45, 2.75) is 19.4 Å². The van der Waals surface area contributed by atoms with Crippen LogP contribution in [0.25, 0.3) is 5.65 Å². The summed E-state index contributed by atoms with van der Waals surface area (Å²) in [4.78, 5) is 7.05. The molecule has 2 aromatic heterocycles. The number of rotatable bonds is 2. The van der Waals surface area contributed by atoms with Gasteiger partial charge >= 0.3 is 0 Å². The molecule has 17 heavy (non-hydrogen) atoms. The highest BCUT2D eigenvalue weighted by Gasteiger charge is 2.21. The van der Waals surface area contributed by atoms with E-state index >= 15 is 0 Å². The molecule has 0 aromatic carbocycles. The van der Waals surface area contributed by atoms with Gasteiger partial charge in [0.25, 0.3) is 0 Å². The molecular formula is C12H17N5. The van der Waals surface area contributed by atoms with Gasteiger partial charge in [0, 0.05) is 37.9 Å². The van der Waals surface area contributed by atoms with Gasteiger partial charge < -0.3 is 10.2 Å². The van der Waals surface area contributed by atoms with E-state index in [1.54, 1.807) is 10.7 Å². The maximum absolute atomic E-state index is 4.66. The zero-order chi connectivity index (χ0) is 11.7. The lowest BCUT2D eigenvalue weighted by Gasteiger charge is -2.36. The van der Waals surface area contributed by atoms with Gasteiger partial charge in [-0.2, -0.15) is 5.10 Å². The summed E-state index contributed by atoms with van der Waals surface area (Å²) in [6.07, 6.45) is 4.90. The number of aromatic nitrogens is 3. The van der Waals surface area contributed by atoms with Crippen molar-refractivity contribution >= 4 is 11.5 Å². The number of fused-ring (bicyclic) bond motifs is 1. The summed E-state index contributed by atoms with van der Waals surface area (Å²) < 4.78 is 1.80. The van der Waals surface area contributed by atoms with Crippen LogP contribution in [0.5, 0.6) is 0 Å². The van der Waals surface area contributed by atoms with Crippen molar-refractivity contribution in [3.8, 4) is 0 Å². The molecule has 0 aliphatic carbocycles. The first kappa shape index (κ1) is 10.5. The molecule has 0 amide bonds. The van der Waals surface area contributed by atoms with Crippen LogP contribution < -0.4 is 10.2 Å². The lowest BCUT2D eigenvalue weighted by Crippen LogP contribution is -2.51. The van der Waals surface area contributed by atoms with E-state index in [9.17, 15) is 0 Å². The highest BCUT2D eigenvalue weighted by Crippen LogP contribution is 2.18. The number of nitrogens with one attached hydrogen (secondary N) is 1. The average molecular weight is 231 g/mol. The molecule has 5 nitrogen and oxygen atoms in total. The van der Waals surface area contributed by atoms with Crippen molar-refractivity contribution < 1.29 is 0 Å². The van der Waals surface area contributed by atoms with Crippen LogP contribution in [-0.2, 0) is 0 Å². The quantitative estimate of drug-likeness (QED) is 0.834. The Hall–Kier alpha value is -1.62. The maximum atomic E-state index is 4.66. The van der Waals surface area contributed by atoms with Crippen molar-refractivity contribution in [3.05, 3.63) is 24.5 Å². The van der Waals surface area contributed by atoms with E-state index in [1.807, 2.05) is 18.3 Å². The Labute approximate surface area is 100 Å². The van der Waals surface area contributed by atoms with Crippen LogP contribution in [0.1, 0.15) is 13.3 Å². The third-order valence-corrected chi connectivity index (χ3v) is 3.36. The molecule has 1 fully saturated rings. The van der Waals surface area contributed by atoms with E-state index in [1.165, 1.54) is 0 Å². The van der Waals surface area contributed by atoms with Crippen molar-refractivity contribution in [1.82, 2.24) is 19.9 Å². The van der Waals surface area contributed by atoms with Crippen LogP contribution in [-0.4, -0.2) is 40.3 Å². The van der Waals surface area contributed by atoms with Crippen molar-refractivity contribution in [2.75, 3.05) is 24.5 Å². The second-order valence-electron chi connectivity index (χ2n) is 4.38. The lowest BCUT2D eigenvalue weighted by molar-refractivity contribution is 0.463. The van der Waals surface area contributed by atoms with Crippen LogP contribution in [0.15, 0.2) is 24.5 Å². The predicted octanol–water partition coefficient (Wildman–Crippen LogP) is 0.917. The average Bonchev–Trinajstić information content (AvgIpc) is 2.85. The minimum absolute atomic E-state index is 0.543. The molecule has 1 saturated heterocycles. The lowest BCUT2D eigenvalue weighted by atomic mass is 10.1. The number of hydrogen-bond donors (Lipinski definition) is 1. The van der Waals surface area contributed by atoms with E-state index in [2.05, 4.69) is 27.2 Å². The standard InChI is InChI=1S/C12H17N5/c1-2-10-9-13-6-8-16(10)11-4-7-17-12(15-11)3-5-14-17/h3-5,7,10,13H,2,6,8-9H2,1H3. The highest BCUT2D eigenvalue weighted by molar-refractivity contribution is 5.48.